The predicted molar refractivity (Wildman–Crippen MR) is 38.8 cm³/mol. The largest absolute Gasteiger partial charge is 0.198 e. The van der Waals surface area contributed by atoms with Crippen molar-refractivity contribution in [2.24, 2.45) is 5.92 Å². The molecule has 0 aliphatic heterocycles. The summed E-state index contributed by atoms with van der Waals surface area (Å²) in [4.78, 5) is 0. The van der Waals surface area contributed by atoms with Crippen LogP contribution in [0.1, 0.15) is 20.3 Å². The van der Waals surface area contributed by atoms with E-state index in [2.05, 4.69) is 6.07 Å². The molecule has 1 unspecified atom stereocenters. The van der Waals surface area contributed by atoms with Gasteiger partial charge in [-0.05, 0) is 12.8 Å². The second kappa shape index (κ2) is 4.58. The highest BCUT2D eigenvalue weighted by molar-refractivity contribution is 5.14. The Morgan fingerprint density at radius 2 is 2.20 bits per heavy atom. The quantitative estimate of drug-likeness (QED) is 0.542. The Morgan fingerprint density at radius 3 is 2.60 bits per heavy atom. The molecule has 2 nitrogen and oxygen atoms in total. The molecule has 0 spiro atoms. The molecule has 2 heteroatoms. The van der Waals surface area contributed by atoms with Gasteiger partial charge in [-0.15, -0.1) is 0 Å². The first-order chi connectivity index (χ1) is 4.72. The maximum Gasteiger partial charge on any atom is 0.0911 e. The summed E-state index contributed by atoms with van der Waals surface area (Å²) in [5, 5.41) is 16.5. The number of rotatable bonds is 2. The van der Waals surface area contributed by atoms with Gasteiger partial charge in [0.25, 0.3) is 0 Å². The third-order valence-electron chi connectivity index (χ3n) is 1.47. The highest BCUT2D eigenvalue weighted by atomic mass is 14.2. The molecule has 0 radical (unpaired) electrons. The molecule has 0 amide bonds. The maximum absolute atomic E-state index is 8.29. The molecular weight excluding hydrogens is 124 g/mol. The summed E-state index contributed by atoms with van der Waals surface area (Å²) in [6.45, 7) is 3.80. The zero-order valence-electron chi connectivity index (χ0n) is 6.26. The van der Waals surface area contributed by atoms with E-state index in [1.807, 2.05) is 19.9 Å². The van der Waals surface area contributed by atoms with Crippen molar-refractivity contribution in [1.82, 2.24) is 0 Å². The van der Waals surface area contributed by atoms with Crippen molar-refractivity contribution < 1.29 is 0 Å². The van der Waals surface area contributed by atoms with Crippen LogP contribution in [0.4, 0.5) is 0 Å². The molecular formula is C8H10N2. The topological polar surface area (TPSA) is 47.6 Å². The van der Waals surface area contributed by atoms with E-state index in [9.17, 15) is 0 Å². The Bertz CT molecular complexity index is 202. The van der Waals surface area contributed by atoms with Gasteiger partial charge < -0.3 is 0 Å². The van der Waals surface area contributed by atoms with Crippen molar-refractivity contribution in [3.05, 3.63) is 11.6 Å². The average molecular weight is 134 g/mol. The standard InChI is InChI=1S/C8H10N2/c1-7(3-5-9)8(2)4-6-10/h3,8H,4H2,1-2H3. The molecule has 0 saturated carbocycles. The van der Waals surface area contributed by atoms with Gasteiger partial charge in [0.05, 0.1) is 12.1 Å². The van der Waals surface area contributed by atoms with Gasteiger partial charge in [-0.3, -0.25) is 0 Å². The summed E-state index contributed by atoms with van der Waals surface area (Å²) in [6, 6.07) is 3.99. The molecule has 52 valence electrons. The van der Waals surface area contributed by atoms with Gasteiger partial charge in [0, 0.05) is 12.5 Å². The molecule has 0 rings (SSSR count). The lowest BCUT2D eigenvalue weighted by molar-refractivity contribution is 0.703. The van der Waals surface area contributed by atoms with Gasteiger partial charge in [0.15, 0.2) is 0 Å². The molecule has 0 aliphatic rings. The van der Waals surface area contributed by atoms with Crippen LogP contribution in [0.15, 0.2) is 11.6 Å². The fourth-order valence-electron chi connectivity index (χ4n) is 0.542. The van der Waals surface area contributed by atoms with Crippen LogP contribution in [0.2, 0.25) is 0 Å². The smallest absolute Gasteiger partial charge is 0.0911 e. The van der Waals surface area contributed by atoms with E-state index < -0.39 is 0 Å². The first-order valence-corrected chi connectivity index (χ1v) is 3.15. The maximum atomic E-state index is 8.29. The molecule has 0 aromatic carbocycles. The lowest BCUT2D eigenvalue weighted by Gasteiger charge is -2.03. The zero-order valence-corrected chi connectivity index (χ0v) is 6.26. The Hall–Kier alpha value is -1.28. The van der Waals surface area contributed by atoms with Crippen LogP contribution < -0.4 is 0 Å². The first kappa shape index (κ1) is 8.72. The minimum Gasteiger partial charge on any atom is -0.198 e. The van der Waals surface area contributed by atoms with E-state index in [0.717, 1.165) is 5.57 Å². The van der Waals surface area contributed by atoms with Crippen molar-refractivity contribution in [3.63, 3.8) is 0 Å². The van der Waals surface area contributed by atoms with Crippen molar-refractivity contribution >= 4 is 0 Å². The Kier molecular flexibility index (Phi) is 4.00. The molecule has 0 heterocycles. The lowest BCUT2D eigenvalue weighted by Crippen LogP contribution is -1.93. The van der Waals surface area contributed by atoms with Crippen molar-refractivity contribution in [2.75, 3.05) is 0 Å². The Balaban J connectivity index is 3.99. The number of nitrogens with zero attached hydrogens (tertiary/aromatic N) is 2. The molecule has 0 saturated heterocycles. The Morgan fingerprint density at radius 1 is 1.60 bits per heavy atom. The first-order valence-electron chi connectivity index (χ1n) is 3.15. The van der Waals surface area contributed by atoms with E-state index in [-0.39, 0.29) is 5.92 Å². The highest BCUT2D eigenvalue weighted by Crippen LogP contribution is 2.11. The van der Waals surface area contributed by atoms with Crippen molar-refractivity contribution in [3.8, 4) is 12.1 Å². The molecule has 0 aliphatic carbocycles. The third kappa shape index (κ3) is 2.89. The average Bonchev–Trinajstić information content (AvgIpc) is 1.89. The van der Waals surface area contributed by atoms with Gasteiger partial charge in [0.1, 0.15) is 0 Å². The molecule has 0 N–H and O–H groups in total. The second-order valence-corrected chi connectivity index (χ2v) is 2.28. The molecule has 0 fully saturated rings. The summed E-state index contributed by atoms with van der Waals surface area (Å²) in [5.41, 5.74) is 0.976. The number of hydrogen-bond donors (Lipinski definition) is 0. The molecule has 0 aromatic rings. The SMILES string of the molecule is CC(=CC#N)C(C)CC#N. The Labute approximate surface area is 61.4 Å². The van der Waals surface area contributed by atoms with Crippen LogP contribution in [0.3, 0.4) is 0 Å². The van der Waals surface area contributed by atoms with Crippen LogP contribution in [-0.4, -0.2) is 0 Å². The fraction of sp³-hybridized carbons (Fsp3) is 0.500. The van der Waals surface area contributed by atoms with E-state index in [4.69, 9.17) is 10.5 Å². The number of allylic oxidation sites excluding steroid dienone is 2. The van der Waals surface area contributed by atoms with Gasteiger partial charge in [0.2, 0.25) is 0 Å². The summed E-state index contributed by atoms with van der Waals surface area (Å²) in [6.07, 6.45) is 1.98. The highest BCUT2D eigenvalue weighted by Gasteiger charge is 2.01. The third-order valence-corrected chi connectivity index (χ3v) is 1.47. The second-order valence-electron chi connectivity index (χ2n) is 2.28. The van der Waals surface area contributed by atoms with Crippen LogP contribution in [-0.2, 0) is 0 Å². The van der Waals surface area contributed by atoms with Crippen LogP contribution in [0.5, 0.6) is 0 Å². The molecule has 0 bridgehead atoms. The zero-order chi connectivity index (χ0) is 7.98. The van der Waals surface area contributed by atoms with Gasteiger partial charge in [-0.2, -0.15) is 10.5 Å². The monoisotopic (exact) mass is 134 g/mol. The van der Waals surface area contributed by atoms with E-state index >= 15 is 0 Å². The van der Waals surface area contributed by atoms with Crippen LogP contribution in [0, 0.1) is 28.6 Å². The number of nitriles is 2. The minimum atomic E-state index is 0.213. The van der Waals surface area contributed by atoms with Gasteiger partial charge >= 0.3 is 0 Å². The molecule has 0 aromatic heterocycles. The number of hydrogen-bond acceptors (Lipinski definition) is 2. The van der Waals surface area contributed by atoms with Crippen LogP contribution >= 0.6 is 0 Å². The summed E-state index contributed by atoms with van der Waals surface area (Å²) < 4.78 is 0. The normalized spacial score (nSPS) is 13.4. The van der Waals surface area contributed by atoms with Crippen LogP contribution in [0.25, 0.3) is 0 Å². The fourth-order valence-corrected chi connectivity index (χ4v) is 0.542. The van der Waals surface area contributed by atoms with Crippen molar-refractivity contribution in [1.29, 1.82) is 10.5 Å². The summed E-state index contributed by atoms with van der Waals surface area (Å²) in [7, 11) is 0. The molecule has 10 heavy (non-hydrogen) atoms. The van der Waals surface area contributed by atoms with Gasteiger partial charge in [-0.1, -0.05) is 12.5 Å². The van der Waals surface area contributed by atoms with E-state index in [0.29, 0.717) is 6.42 Å². The lowest BCUT2D eigenvalue weighted by atomic mass is 10.00. The van der Waals surface area contributed by atoms with Crippen molar-refractivity contribution in [2.45, 2.75) is 20.3 Å². The minimum absolute atomic E-state index is 0.213. The summed E-state index contributed by atoms with van der Waals surface area (Å²) >= 11 is 0. The van der Waals surface area contributed by atoms with Gasteiger partial charge in [-0.25, -0.2) is 0 Å². The molecule has 1 atom stereocenters. The summed E-state index contributed by atoms with van der Waals surface area (Å²) in [5.74, 6) is 0.213. The van der Waals surface area contributed by atoms with E-state index in [1.165, 1.54) is 6.08 Å². The van der Waals surface area contributed by atoms with E-state index in [1.54, 1.807) is 0 Å². The predicted octanol–water partition coefficient (Wildman–Crippen LogP) is 2.01.